The predicted molar refractivity (Wildman–Crippen MR) is 90.9 cm³/mol. The van der Waals surface area contributed by atoms with E-state index in [1.165, 1.54) is 0 Å². The van der Waals surface area contributed by atoms with Gasteiger partial charge in [0, 0.05) is 32.6 Å². The second-order valence-electron chi connectivity index (χ2n) is 7.77. The monoisotopic (exact) mass is 349 g/mol. The lowest BCUT2D eigenvalue weighted by molar-refractivity contribution is -0.134. The predicted octanol–water partition coefficient (Wildman–Crippen LogP) is 1.46. The molecule has 2 aliphatic heterocycles. The van der Waals surface area contributed by atoms with Crippen LogP contribution in [0, 0.1) is 5.41 Å². The van der Waals surface area contributed by atoms with Gasteiger partial charge < -0.3 is 19.4 Å². The molecule has 3 heterocycles. The smallest absolute Gasteiger partial charge is 0.292 e. The molecule has 7 heteroatoms. The summed E-state index contributed by atoms with van der Waals surface area (Å²) >= 11 is 0. The van der Waals surface area contributed by atoms with Gasteiger partial charge in [-0.2, -0.15) is 0 Å². The molecular formula is C18H27N3O4. The maximum Gasteiger partial charge on any atom is 0.292 e. The van der Waals surface area contributed by atoms with Crippen molar-refractivity contribution in [2.75, 3.05) is 26.2 Å². The number of piperidine rings is 1. The minimum atomic E-state index is -0.501. The van der Waals surface area contributed by atoms with E-state index < -0.39 is 5.54 Å². The van der Waals surface area contributed by atoms with E-state index in [0.29, 0.717) is 25.4 Å². The van der Waals surface area contributed by atoms with Crippen molar-refractivity contribution in [1.29, 1.82) is 0 Å². The standard InChI is InChI=1S/C18H27N3O4/c1-4-14-9-15(25-19-14)16(24)20-7-5-18(6-8-20)10-17(3,12-22)21(11-18)13(2)23/h9,22H,4-8,10-12H2,1-3H3/t17-/m1/s1. The first kappa shape index (κ1) is 17.9. The van der Waals surface area contributed by atoms with Gasteiger partial charge >= 0.3 is 0 Å². The molecule has 3 rings (SSSR count). The van der Waals surface area contributed by atoms with E-state index in [9.17, 15) is 14.7 Å². The van der Waals surface area contributed by atoms with E-state index >= 15 is 0 Å². The molecule has 2 saturated heterocycles. The number of hydrogen-bond acceptors (Lipinski definition) is 5. The summed E-state index contributed by atoms with van der Waals surface area (Å²) in [6.07, 6.45) is 3.17. The highest BCUT2D eigenvalue weighted by atomic mass is 16.5. The van der Waals surface area contributed by atoms with Crippen molar-refractivity contribution in [3.05, 3.63) is 17.5 Å². The number of rotatable bonds is 3. The molecule has 0 aliphatic carbocycles. The molecule has 1 aromatic rings. The molecule has 138 valence electrons. The van der Waals surface area contributed by atoms with Crippen molar-refractivity contribution in [1.82, 2.24) is 15.0 Å². The Morgan fingerprint density at radius 1 is 1.36 bits per heavy atom. The zero-order valence-electron chi connectivity index (χ0n) is 15.2. The summed E-state index contributed by atoms with van der Waals surface area (Å²) in [5.41, 5.74) is 0.262. The molecule has 25 heavy (non-hydrogen) atoms. The number of aryl methyl sites for hydroxylation is 1. The summed E-state index contributed by atoms with van der Waals surface area (Å²) in [6, 6.07) is 1.71. The van der Waals surface area contributed by atoms with E-state index in [2.05, 4.69) is 5.16 Å². The number of likely N-dealkylation sites (tertiary alicyclic amines) is 2. The van der Waals surface area contributed by atoms with Gasteiger partial charge in [-0.25, -0.2) is 0 Å². The van der Waals surface area contributed by atoms with Gasteiger partial charge in [0.15, 0.2) is 0 Å². The number of aliphatic hydroxyl groups excluding tert-OH is 1. The summed E-state index contributed by atoms with van der Waals surface area (Å²) in [5.74, 6) is 0.179. The van der Waals surface area contributed by atoms with Crippen LogP contribution in [-0.2, 0) is 11.2 Å². The van der Waals surface area contributed by atoms with Gasteiger partial charge in [-0.15, -0.1) is 0 Å². The van der Waals surface area contributed by atoms with E-state index in [-0.39, 0.29) is 23.8 Å². The normalized spacial score (nSPS) is 25.6. The van der Waals surface area contributed by atoms with E-state index in [1.807, 2.05) is 13.8 Å². The minimum Gasteiger partial charge on any atom is -0.394 e. The van der Waals surface area contributed by atoms with Crippen molar-refractivity contribution in [3.63, 3.8) is 0 Å². The molecule has 0 bridgehead atoms. The minimum absolute atomic E-state index is 0.000635. The maximum absolute atomic E-state index is 12.6. The third-order valence-electron chi connectivity index (χ3n) is 5.87. The van der Waals surface area contributed by atoms with E-state index in [4.69, 9.17) is 4.52 Å². The number of nitrogens with zero attached hydrogens (tertiary/aromatic N) is 3. The van der Waals surface area contributed by atoms with Crippen molar-refractivity contribution >= 4 is 11.8 Å². The molecule has 0 saturated carbocycles. The third-order valence-corrected chi connectivity index (χ3v) is 5.87. The first-order chi connectivity index (χ1) is 11.8. The Morgan fingerprint density at radius 2 is 2.04 bits per heavy atom. The SMILES string of the molecule is CCc1cc(C(=O)N2CCC3(CC2)CN(C(C)=O)[C@@](C)(CO)C3)on1. The topological polar surface area (TPSA) is 86.9 Å². The van der Waals surface area contributed by atoms with Gasteiger partial charge in [0.25, 0.3) is 5.91 Å². The Balaban J connectivity index is 1.67. The lowest BCUT2D eigenvalue weighted by Gasteiger charge is -2.39. The number of aliphatic hydroxyl groups is 1. The van der Waals surface area contributed by atoms with Crippen LogP contribution in [-0.4, -0.2) is 63.7 Å². The summed E-state index contributed by atoms with van der Waals surface area (Å²) in [7, 11) is 0. The fourth-order valence-corrected chi connectivity index (χ4v) is 4.37. The highest BCUT2D eigenvalue weighted by Crippen LogP contribution is 2.48. The van der Waals surface area contributed by atoms with Crippen LogP contribution in [0.2, 0.25) is 0 Å². The molecule has 2 fully saturated rings. The van der Waals surface area contributed by atoms with Crippen LogP contribution in [0.4, 0.5) is 0 Å². The van der Waals surface area contributed by atoms with Crippen LogP contribution < -0.4 is 0 Å². The quantitative estimate of drug-likeness (QED) is 0.893. The number of amides is 2. The number of hydrogen-bond donors (Lipinski definition) is 1. The van der Waals surface area contributed by atoms with Crippen molar-refractivity contribution < 1.29 is 19.2 Å². The summed E-state index contributed by atoms with van der Waals surface area (Å²) in [4.78, 5) is 28.1. The fourth-order valence-electron chi connectivity index (χ4n) is 4.37. The molecule has 0 radical (unpaired) electrons. The zero-order chi connectivity index (χ0) is 18.2. The van der Waals surface area contributed by atoms with Gasteiger partial charge in [0.05, 0.1) is 17.8 Å². The average Bonchev–Trinajstić information content (AvgIpc) is 3.19. The van der Waals surface area contributed by atoms with Gasteiger partial charge in [0.1, 0.15) is 0 Å². The zero-order valence-corrected chi connectivity index (χ0v) is 15.2. The third kappa shape index (κ3) is 3.17. The van der Waals surface area contributed by atoms with Crippen LogP contribution in [0.5, 0.6) is 0 Å². The summed E-state index contributed by atoms with van der Waals surface area (Å²) < 4.78 is 5.16. The Kier molecular flexibility index (Phi) is 4.62. The second-order valence-corrected chi connectivity index (χ2v) is 7.77. The molecule has 1 N–H and O–H groups in total. The molecule has 0 unspecified atom stereocenters. The molecule has 2 aliphatic rings. The largest absolute Gasteiger partial charge is 0.394 e. The fraction of sp³-hybridized carbons (Fsp3) is 0.722. The van der Waals surface area contributed by atoms with Crippen molar-refractivity contribution in [2.45, 2.75) is 52.0 Å². The first-order valence-corrected chi connectivity index (χ1v) is 8.96. The molecule has 1 aromatic heterocycles. The number of aromatic nitrogens is 1. The van der Waals surface area contributed by atoms with Crippen LogP contribution >= 0.6 is 0 Å². The van der Waals surface area contributed by atoms with Crippen molar-refractivity contribution in [2.24, 2.45) is 5.41 Å². The van der Waals surface area contributed by atoms with Crippen LogP contribution in [0.3, 0.4) is 0 Å². The lowest BCUT2D eigenvalue weighted by atomic mass is 9.74. The van der Waals surface area contributed by atoms with Gasteiger partial charge in [-0.3, -0.25) is 9.59 Å². The highest BCUT2D eigenvalue weighted by Gasteiger charge is 2.52. The van der Waals surface area contributed by atoms with Crippen LogP contribution in [0.25, 0.3) is 0 Å². The molecule has 1 spiro atoms. The lowest BCUT2D eigenvalue weighted by Crippen LogP contribution is -2.46. The second kappa shape index (κ2) is 6.44. The van der Waals surface area contributed by atoms with Crippen LogP contribution in [0.1, 0.15) is 56.3 Å². The Labute approximate surface area is 147 Å². The number of carbonyl (C=O) groups excluding carboxylic acids is 2. The molecular weight excluding hydrogens is 322 g/mol. The average molecular weight is 349 g/mol. The van der Waals surface area contributed by atoms with Gasteiger partial charge in [0.2, 0.25) is 11.7 Å². The Bertz CT molecular complexity index is 663. The van der Waals surface area contributed by atoms with Crippen LogP contribution in [0.15, 0.2) is 10.6 Å². The summed E-state index contributed by atoms with van der Waals surface area (Å²) in [5, 5.41) is 13.7. The molecule has 2 amide bonds. The molecule has 0 aromatic carbocycles. The molecule has 1 atom stereocenters. The van der Waals surface area contributed by atoms with Crippen molar-refractivity contribution in [3.8, 4) is 0 Å². The van der Waals surface area contributed by atoms with Gasteiger partial charge in [-0.1, -0.05) is 12.1 Å². The Morgan fingerprint density at radius 3 is 2.52 bits per heavy atom. The first-order valence-electron chi connectivity index (χ1n) is 8.96. The summed E-state index contributed by atoms with van der Waals surface area (Å²) in [6.45, 7) is 7.36. The highest BCUT2D eigenvalue weighted by molar-refractivity contribution is 5.91. The number of carbonyl (C=O) groups is 2. The van der Waals surface area contributed by atoms with E-state index in [1.54, 1.807) is 22.8 Å². The van der Waals surface area contributed by atoms with E-state index in [0.717, 1.165) is 31.4 Å². The van der Waals surface area contributed by atoms with Gasteiger partial charge in [-0.05, 0) is 38.0 Å². The Hall–Kier alpha value is -1.89. The maximum atomic E-state index is 12.6. The molecule has 7 nitrogen and oxygen atoms in total.